The van der Waals surface area contributed by atoms with Crippen LogP contribution in [0.2, 0.25) is 0 Å². The molecule has 7 nitrogen and oxygen atoms in total. The third kappa shape index (κ3) is 4.47. The van der Waals surface area contributed by atoms with Crippen LogP contribution in [0.5, 0.6) is 5.75 Å². The number of methoxy groups -OCH3 is 1. The van der Waals surface area contributed by atoms with Crippen molar-refractivity contribution in [2.45, 2.75) is 6.92 Å². The fraction of sp³-hybridized carbons (Fsp3) is 0.100. The van der Waals surface area contributed by atoms with E-state index in [-0.39, 0.29) is 11.3 Å². The second kappa shape index (κ2) is 8.26. The molecule has 2 amide bonds. The molecule has 0 aliphatic rings. The van der Waals surface area contributed by atoms with Gasteiger partial charge in [0, 0.05) is 17.4 Å². The van der Waals surface area contributed by atoms with Gasteiger partial charge in [-0.25, -0.2) is 9.37 Å². The van der Waals surface area contributed by atoms with Gasteiger partial charge < -0.3 is 15.4 Å². The van der Waals surface area contributed by atoms with Gasteiger partial charge in [0.1, 0.15) is 17.3 Å². The molecule has 0 atom stereocenters. The Morgan fingerprint density at radius 1 is 1.00 bits per heavy atom. The van der Waals surface area contributed by atoms with Gasteiger partial charge in [-0.15, -0.1) is 0 Å². The number of carbonyl (C=O) groups is 2. The number of ether oxygens (including phenoxy) is 1. The Morgan fingerprint density at radius 2 is 1.82 bits per heavy atom. The van der Waals surface area contributed by atoms with Gasteiger partial charge in [-0.3, -0.25) is 14.6 Å². The second-order valence-electron chi connectivity index (χ2n) is 5.88. The first-order chi connectivity index (χ1) is 13.5. The minimum Gasteiger partial charge on any atom is -0.495 e. The van der Waals surface area contributed by atoms with Crippen LogP contribution in [0, 0.1) is 12.7 Å². The summed E-state index contributed by atoms with van der Waals surface area (Å²) in [5.41, 5.74) is 1.76. The van der Waals surface area contributed by atoms with Crippen molar-refractivity contribution in [3.8, 4) is 5.75 Å². The maximum atomic E-state index is 13.3. The molecule has 142 valence electrons. The molecule has 0 unspecified atom stereocenters. The molecule has 1 heterocycles. The van der Waals surface area contributed by atoms with E-state index in [4.69, 9.17) is 4.74 Å². The van der Waals surface area contributed by atoms with Crippen molar-refractivity contribution < 1.29 is 18.7 Å². The Morgan fingerprint density at radius 3 is 2.50 bits per heavy atom. The maximum Gasteiger partial charge on any atom is 0.275 e. The summed E-state index contributed by atoms with van der Waals surface area (Å²) >= 11 is 0. The number of aromatic nitrogens is 2. The number of aryl methyl sites for hydroxylation is 1. The van der Waals surface area contributed by atoms with E-state index in [0.717, 1.165) is 6.07 Å². The molecule has 0 saturated heterocycles. The summed E-state index contributed by atoms with van der Waals surface area (Å²) in [5, 5.41) is 5.34. The first-order valence-electron chi connectivity index (χ1n) is 8.31. The molecule has 8 heteroatoms. The predicted molar refractivity (Wildman–Crippen MR) is 102 cm³/mol. The number of rotatable bonds is 5. The molecule has 0 bridgehead atoms. The van der Waals surface area contributed by atoms with E-state index in [0.29, 0.717) is 22.8 Å². The molecule has 0 aliphatic carbocycles. The molecule has 0 spiro atoms. The van der Waals surface area contributed by atoms with E-state index >= 15 is 0 Å². The number of hydrogen-bond donors (Lipinski definition) is 2. The molecule has 3 rings (SSSR count). The Bertz CT molecular complexity index is 1020. The molecule has 1 aromatic heterocycles. The van der Waals surface area contributed by atoms with Gasteiger partial charge in [0.25, 0.3) is 11.8 Å². The van der Waals surface area contributed by atoms with E-state index in [2.05, 4.69) is 20.6 Å². The average molecular weight is 380 g/mol. The van der Waals surface area contributed by atoms with Gasteiger partial charge in [0.05, 0.1) is 24.7 Å². The van der Waals surface area contributed by atoms with Crippen LogP contribution in [0.4, 0.5) is 15.8 Å². The summed E-state index contributed by atoms with van der Waals surface area (Å²) in [6, 6.07) is 10.1. The number of nitrogens with one attached hydrogen (secondary N) is 2. The summed E-state index contributed by atoms with van der Waals surface area (Å²) in [5.74, 6) is -1.08. The Hall–Kier alpha value is -3.81. The third-order valence-corrected chi connectivity index (χ3v) is 3.81. The van der Waals surface area contributed by atoms with E-state index in [1.165, 1.54) is 43.8 Å². The van der Waals surface area contributed by atoms with Crippen LogP contribution in [0.3, 0.4) is 0 Å². The Labute approximate surface area is 160 Å². The number of hydrogen-bond acceptors (Lipinski definition) is 5. The normalized spacial score (nSPS) is 10.2. The van der Waals surface area contributed by atoms with E-state index in [9.17, 15) is 14.0 Å². The number of amides is 2. The van der Waals surface area contributed by atoms with Gasteiger partial charge in [-0.2, -0.15) is 0 Å². The fourth-order valence-electron chi connectivity index (χ4n) is 2.41. The highest BCUT2D eigenvalue weighted by Gasteiger charge is 2.13. The monoisotopic (exact) mass is 380 g/mol. The van der Waals surface area contributed by atoms with Crippen LogP contribution < -0.4 is 15.4 Å². The van der Waals surface area contributed by atoms with Crippen LogP contribution in [0.25, 0.3) is 0 Å². The largest absolute Gasteiger partial charge is 0.495 e. The highest BCUT2D eigenvalue weighted by atomic mass is 19.1. The zero-order valence-corrected chi connectivity index (χ0v) is 15.2. The number of anilines is 2. The van der Waals surface area contributed by atoms with Gasteiger partial charge in [0.15, 0.2) is 0 Å². The average Bonchev–Trinajstić information content (AvgIpc) is 2.68. The second-order valence-corrected chi connectivity index (χ2v) is 5.88. The Balaban J connectivity index is 1.80. The van der Waals surface area contributed by atoms with Crippen LogP contribution in [0.1, 0.15) is 26.5 Å². The lowest BCUT2D eigenvalue weighted by Gasteiger charge is -2.13. The molecule has 2 N–H and O–H groups in total. The molecule has 28 heavy (non-hydrogen) atoms. The number of halogens is 1. The summed E-state index contributed by atoms with van der Waals surface area (Å²) in [4.78, 5) is 32.7. The van der Waals surface area contributed by atoms with Crippen molar-refractivity contribution >= 4 is 23.2 Å². The topological polar surface area (TPSA) is 93.2 Å². The lowest BCUT2D eigenvalue weighted by atomic mass is 10.2. The van der Waals surface area contributed by atoms with Gasteiger partial charge in [0.2, 0.25) is 0 Å². The van der Waals surface area contributed by atoms with Crippen molar-refractivity contribution in [2.75, 3.05) is 17.7 Å². The summed E-state index contributed by atoms with van der Waals surface area (Å²) in [6.45, 7) is 1.77. The molecule has 0 saturated carbocycles. The highest BCUT2D eigenvalue weighted by molar-refractivity contribution is 6.06. The molecule has 0 radical (unpaired) electrons. The highest BCUT2D eigenvalue weighted by Crippen LogP contribution is 2.28. The zero-order valence-electron chi connectivity index (χ0n) is 15.2. The first-order valence-corrected chi connectivity index (χ1v) is 8.31. The predicted octanol–water partition coefficient (Wildman–Crippen LogP) is 3.44. The molecular formula is C20H17FN4O3. The van der Waals surface area contributed by atoms with Crippen LogP contribution in [-0.2, 0) is 0 Å². The molecule has 0 fully saturated rings. The summed E-state index contributed by atoms with van der Waals surface area (Å²) < 4.78 is 18.6. The van der Waals surface area contributed by atoms with E-state index in [1.807, 2.05) is 0 Å². The molecule has 0 aliphatic heterocycles. The maximum absolute atomic E-state index is 13.3. The summed E-state index contributed by atoms with van der Waals surface area (Å²) in [7, 11) is 1.45. The fourth-order valence-corrected chi connectivity index (χ4v) is 2.41. The Kier molecular flexibility index (Phi) is 5.59. The van der Waals surface area contributed by atoms with Crippen molar-refractivity contribution in [1.29, 1.82) is 0 Å². The lowest BCUT2D eigenvalue weighted by Crippen LogP contribution is -2.16. The van der Waals surface area contributed by atoms with E-state index in [1.54, 1.807) is 19.1 Å². The molecule has 2 aromatic carbocycles. The van der Waals surface area contributed by atoms with Crippen molar-refractivity contribution in [1.82, 2.24) is 9.97 Å². The van der Waals surface area contributed by atoms with Crippen molar-refractivity contribution in [2.24, 2.45) is 0 Å². The smallest absolute Gasteiger partial charge is 0.275 e. The zero-order chi connectivity index (χ0) is 20.1. The SMILES string of the molecule is COc1ccc(NC(=O)c2cnc(C)cn2)cc1NC(=O)c1cccc(F)c1. The molecule has 3 aromatic rings. The van der Waals surface area contributed by atoms with Crippen molar-refractivity contribution in [3.05, 3.63) is 77.6 Å². The minimum absolute atomic E-state index is 0.159. The quantitative estimate of drug-likeness (QED) is 0.707. The van der Waals surface area contributed by atoms with Gasteiger partial charge in [-0.05, 0) is 43.3 Å². The molecular weight excluding hydrogens is 363 g/mol. The van der Waals surface area contributed by atoms with Crippen LogP contribution >= 0.6 is 0 Å². The number of carbonyl (C=O) groups excluding carboxylic acids is 2. The van der Waals surface area contributed by atoms with Gasteiger partial charge in [-0.1, -0.05) is 6.07 Å². The first kappa shape index (κ1) is 19.0. The number of nitrogens with zero attached hydrogens (tertiary/aromatic N) is 2. The van der Waals surface area contributed by atoms with Crippen molar-refractivity contribution in [3.63, 3.8) is 0 Å². The minimum atomic E-state index is -0.514. The third-order valence-electron chi connectivity index (χ3n) is 3.81. The standard InChI is InChI=1S/C20H17FN4O3/c1-12-10-23-17(11-22-12)20(27)24-15-6-7-18(28-2)16(9-15)25-19(26)13-4-3-5-14(21)8-13/h3-11H,1-2H3,(H,24,27)(H,25,26). The summed E-state index contributed by atoms with van der Waals surface area (Å²) in [6.07, 6.45) is 2.87. The lowest BCUT2D eigenvalue weighted by molar-refractivity contribution is 0.101. The van der Waals surface area contributed by atoms with Gasteiger partial charge >= 0.3 is 0 Å². The van der Waals surface area contributed by atoms with Crippen LogP contribution in [0.15, 0.2) is 54.9 Å². The number of benzene rings is 2. The van der Waals surface area contributed by atoms with E-state index < -0.39 is 17.6 Å². The van der Waals surface area contributed by atoms with Crippen LogP contribution in [-0.4, -0.2) is 28.9 Å².